The molecule has 0 saturated heterocycles. The largest absolute Gasteiger partial charge is 0.497 e. The first-order valence-electron chi connectivity index (χ1n) is 7.33. The lowest BCUT2D eigenvalue weighted by molar-refractivity contribution is -0.117. The summed E-state index contributed by atoms with van der Waals surface area (Å²) in [5.41, 5.74) is 1.55. The van der Waals surface area contributed by atoms with Crippen LogP contribution in [-0.4, -0.2) is 38.6 Å². The zero-order valence-corrected chi connectivity index (χ0v) is 13.0. The van der Waals surface area contributed by atoms with Gasteiger partial charge >= 0.3 is 0 Å². The Hall–Kier alpha value is -3.29. The maximum absolute atomic E-state index is 12.7. The van der Waals surface area contributed by atoms with E-state index in [0.717, 1.165) is 5.56 Å². The van der Waals surface area contributed by atoms with Gasteiger partial charge in [-0.1, -0.05) is 17.3 Å². The Labute approximate surface area is 138 Å². The molecule has 0 aliphatic rings. The number of amides is 1. The molecule has 1 atom stereocenters. The number of nitrogens with zero attached hydrogens (tertiary/aromatic N) is 4. The minimum atomic E-state index is -0.584. The summed E-state index contributed by atoms with van der Waals surface area (Å²) in [5.74, 6) is 0.183. The van der Waals surface area contributed by atoms with Crippen molar-refractivity contribution >= 4 is 11.6 Å². The van der Waals surface area contributed by atoms with Crippen LogP contribution in [-0.2, 0) is 11.2 Å². The van der Waals surface area contributed by atoms with E-state index >= 15 is 0 Å². The van der Waals surface area contributed by atoms with Gasteiger partial charge in [-0.15, -0.1) is 10.2 Å². The zero-order chi connectivity index (χ0) is 16.8. The highest BCUT2D eigenvalue weighted by Gasteiger charge is 2.25. The van der Waals surface area contributed by atoms with E-state index in [0.29, 0.717) is 23.7 Å². The van der Waals surface area contributed by atoms with Crippen LogP contribution in [0, 0.1) is 0 Å². The van der Waals surface area contributed by atoms with Crippen molar-refractivity contribution in [2.75, 3.05) is 12.4 Å². The highest BCUT2D eigenvalue weighted by atomic mass is 16.5. The van der Waals surface area contributed by atoms with Gasteiger partial charge in [0.1, 0.15) is 11.7 Å². The van der Waals surface area contributed by atoms with Crippen molar-refractivity contribution < 1.29 is 9.53 Å². The molecule has 0 saturated carbocycles. The highest BCUT2D eigenvalue weighted by Crippen LogP contribution is 2.21. The summed E-state index contributed by atoms with van der Waals surface area (Å²) < 4.78 is 5.17. The summed E-state index contributed by atoms with van der Waals surface area (Å²) >= 11 is 0. The van der Waals surface area contributed by atoms with Crippen LogP contribution < -0.4 is 10.1 Å². The Morgan fingerprint density at radius 1 is 1.33 bits per heavy atom. The molecule has 8 heteroatoms. The molecule has 3 aromatic rings. The maximum Gasteiger partial charge on any atom is 0.235 e. The van der Waals surface area contributed by atoms with E-state index in [4.69, 9.17) is 4.74 Å². The van der Waals surface area contributed by atoms with Gasteiger partial charge in [-0.2, -0.15) is 5.21 Å². The number of H-pyrrole nitrogens is 1. The summed E-state index contributed by atoms with van der Waals surface area (Å²) in [6.07, 6.45) is 3.82. The molecule has 1 aromatic carbocycles. The molecule has 2 heterocycles. The third-order valence-electron chi connectivity index (χ3n) is 3.49. The minimum absolute atomic E-state index is 0.228. The lowest BCUT2D eigenvalue weighted by Crippen LogP contribution is -2.24. The molecule has 8 nitrogen and oxygen atoms in total. The Bertz CT molecular complexity index is 791. The van der Waals surface area contributed by atoms with Gasteiger partial charge in [0.05, 0.1) is 7.11 Å². The van der Waals surface area contributed by atoms with E-state index in [1.165, 1.54) is 0 Å². The summed E-state index contributed by atoms with van der Waals surface area (Å²) in [7, 11) is 1.57. The van der Waals surface area contributed by atoms with Gasteiger partial charge in [0, 0.05) is 24.1 Å². The van der Waals surface area contributed by atoms with Gasteiger partial charge in [0.15, 0.2) is 5.82 Å². The first-order valence-corrected chi connectivity index (χ1v) is 7.33. The number of benzene rings is 1. The topological polar surface area (TPSA) is 106 Å². The van der Waals surface area contributed by atoms with Crippen LogP contribution in [0.3, 0.4) is 0 Å². The standard InChI is InChI=1S/C16H16N6O2/c1-24-13-6-2-5-12(9-13)18-16(23)14(15-19-21-22-20-15)8-11-4-3-7-17-10-11/h2-7,9-10,14H,8H2,1H3,(H,18,23)(H,19,20,21,22). The van der Waals surface area contributed by atoms with E-state index in [9.17, 15) is 4.79 Å². The van der Waals surface area contributed by atoms with Crippen LogP contribution in [0.2, 0.25) is 0 Å². The predicted molar refractivity (Wildman–Crippen MR) is 86.5 cm³/mol. The number of hydrogen-bond acceptors (Lipinski definition) is 6. The third-order valence-corrected chi connectivity index (χ3v) is 3.49. The van der Waals surface area contributed by atoms with Crippen molar-refractivity contribution in [2.45, 2.75) is 12.3 Å². The number of anilines is 1. The number of methoxy groups -OCH3 is 1. The zero-order valence-electron chi connectivity index (χ0n) is 13.0. The molecule has 1 amide bonds. The first-order chi connectivity index (χ1) is 11.8. The second-order valence-electron chi connectivity index (χ2n) is 5.11. The average Bonchev–Trinajstić information content (AvgIpc) is 3.15. The fourth-order valence-electron chi connectivity index (χ4n) is 2.30. The normalized spacial score (nSPS) is 11.7. The quantitative estimate of drug-likeness (QED) is 0.713. The van der Waals surface area contributed by atoms with Crippen LogP contribution in [0.4, 0.5) is 5.69 Å². The number of carbonyl (C=O) groups is 1. The van der Waals surface area contributed by atoms with Crippen molar-refractivity contribution in [3.8, 4) is 5.75 Å². The number of carbonyl (C=O) groups excluding carboxylic acids is 1. The molecule has 0 radical (unpaired) electrons. The van der Waals surface area contributed by atoms with Gasteiger partial charge < -0.3 is 10.1 Å². The molecular formula is C16H16N6O2. The van der Waals surface area contributed by atoms with Crippen molar-refractivity contribution in [3.05, 3.63) is 60.2 Å². The number of rotatable bonds is 6. The van der Waals surface area contributed by atoms with Crippen LogP contribution in [0.5, 0.6) is 5.75 Å². The van der Waals surface area contributed by atoms with Gasteiger partial charge in [0.2, 0.25) is 5.91 Å². The van der Waals surface area contributed by atoms with E-state index < -0.39 is 5.92 Å². The molecule has 0 bridgehead atoms. The number of tetrazole rings is 1. The van der Waals surface area contributed by atoms with E-state index in [1.807, 2.05) is 18.2 Å². The minimum Gasteiger partial charge on any atom is -0.497 e. The van der Waals surface area contributed by atoms with E-state index in [-0.39, 0.29) is 5.91 Å². The Morgan fingerprint density at radius 3 is 2.96 bits per heavy atom. The monoisotopic (exact) mass is 324 g/mol. The van der Waals surface area contributed by atoms with Crippen molar-refractivity contribution in [3.63, 3.8) is 0 Å². The molecule has 2 N–H and O–H groups in total. The molecule has 1 unspecified atom stereocenters. The second-order valence-corrected chi connectivity index (χ2v) is 5.11. The number of aromatic nitrogens is 5. The lowest BCUT2D eigenvalue weighted by Gasteiger charge is -2.14. The first kappa shape index (κ1) is 15.6. The number of aromatic amines is 1. The molecular weight excluding hydrogens is 308 g/mol. The van der Waals surface area contributed by atoms with Gasteiger partial charge in [0.25, 0.3) is 0 Å². The Morgan fingerprint density at radius 2 is 2.25 bits per heavy atom. The predicted octanol–water partition coefficient (Wildman–Crippen LogP) is 1.57. The van der Waals surface area contributed by atoms with E-state index in [2.05, 4.69) is 30.9 Å². The van der Waals surface area contributed by atoms with Gasteiger partial charge in [-0.25, -0.2) is 0 Å². The summed E-state index contributed by atoms with van der Waals surface area (Å²) in [5, 5.41) is 16.7. The molecule has 0 aliphatic heterocycles. The van der Waals surface area contributed by atoms with Crippen LogP contribution in [0.25, 0.3) is 0 Å². The molecule has 24 heavy (non-hydrogen) atoms. The van der Waals surface area contributed by atoms with Gasteiger partial charge in [-0.3, -0.25) is 9.78 Å². The summed E-state index contributed by atoms with van der Waals surface area (Å²) in [4.78, 5) is 16.8. The lowest BCUT2D eigenvalue weighted by atomic mass is 9.98. The average molecular weight is 324 g/mol. The number of pyridine rings is 1. The SMILES string of the molecule is COc1cccc(NC(=O)C(Cc2cccnc2)c2nn[nH]n2)c1. The summed E-state index contributed by atoms with van der Waals surface area (Å²) in [6, 6.07) is 10.9. The van der Waals surface area contributed by atoms with Crippen LogP contribution >= 0.6 is 0 Å². The Balaban J connectivity index is 1.81. The molecule has 122 valence electrons. The number of ether oxygens (including phenoxy) is 1. The molecule has 0 aliphatic carbocycles. The van der Waals surface area contributed by atoms with Crippen molar-refractivity contribution in [1.29, 1.82) is 0 Å². The fourth-order valence-corrected chi connectivity index (χ4v) is 2.30. The number of hydrogen-bond donors (Lipinski definition) is 2. The third kappa shape index (κ3) is 3.72. The van der Waals surface area contributed by atoms with E-state index in [1.54, 1.807) is 37.7 Å². The smallest absolute Gasteiger partial charge is 0.235 e. The molecule has 0 fully saturated rings. The second kappa shape index (κ2) is 7.32. The fraction of sp³-hybridized carbons (Fsp3) is 0.188. The summed E-state index contributed by atoms with van der Waals surface area (Å²) in [6.45, 7) is 0. The van der Waals surface area contributed by atoms with Crippen LogP contribution in [0.1, 0.15) is 17.3 Å². The maximum atomic E-state index is 12.7. The highest BCUT2D eigenvalue weighted by molar-refractivity contribution is 5.95. The van der Waals surface area contributed by atoms with Crippen molar-refractivity contribution in [2.24, 2.45) is 0 Å². The molecule has 0 spiro atoms. The van der Waals surface area contributed by atoms with Gasteiger partial charge in [-0.05, 0) is 30.2 Å². The Kier molecular flexibility index (Phi) is 4.76. The van der Waals surface area contributed by atoms with Crippen LogP contribution in [0.15, 0.2) is 48.8 Å². The molecule has 3 rings (SSSR count). The van der Waals surface area contributed by atoms with Crippen molar-refractivity contribution in [1.82, 2.24) is 25.6 Å². The number of nitrogens with one attached hydrogen (secondary N) is 2. The molecule has 2 aromatic heterocycles.